The maximum Gasteiger partial charge on any atom is 0.141 e. The minimum Gasteiger partial charge on any atom is -0.382 e. The highest BCUT2D eigenvalue weighted by Crippen LogP contribution is 2.19. The Morgan fingerprint density at radius 2 is 2.50 bits per heavy atom. The molecule has 2 heterocycles. The zero-order valence-electron chi connectivity index (χ0n) is 10.7. The number of anilines is 1. The van der Waals surface area contributed by atoms with Crippen molar-refractivity contribution in [3.8, 4) is 0 Å². The van der Waals surface area contributed by atoms with Crippen molar-refractivity contribution in [3.05, 3.63) is 24.0 Å². The summed E-state index contributed by atoms with van der Waals surface area (Å²) >= 11 is 0. The Morgan fingerprint density at radius 3 is 3.11 bits per heavy atom. The van der Waals surface area contributed by atoms with Gasteiger partial charge in [0.05, 0.1) is 6.10 Å². The van der Waals surface area contributed by atoms with E-state index in [2.05, 4.69) is 16.8 Å². The summed E-state index contributed by atoms with van der Waals surface area (Å²) in [5.74, 6) is 0.00465. The molecule has 0 saturated carbocycles. The lowest BCUT2D eigenvalue weighted by Crippen LogP contribution is -2.32. The van der Waals surface area contributed by atoms with Crippen LogP contribution in [0.5, 0.6) is 0 Å². The van der Waals surface area contributed by atoms with Crippen molar-refractivity contribution >= 4 is 11.5 Å². The molecule has 0 aliphatic carbocycles. The van der Waals surface area contributed by atoms with Crippen LogP contribution >= 0.6 is 0 Å². The molecule has 2 rings (SSSR count). The molecule has 0 amide bonds. The molecule has 1 aromatic heterocycles. The van der Waals surface area contributed by atoms with E-state index in [9.17, 15) is 0 Å². The number of aromatic nitrogens is 1. The van der Waals surface area contributed by atoms with Gasteiger partial charge in [-0.3, -0.25) is 10.4 Å². The normalized spacial score (nSPS) is 18.8. The predicted molar refractivity (Wildman–Crippen MR) is 72.1 cm³/mol. The molecule has 1 aliphatic rings. The number of hydrogen-bond donors (Lipinski definition) is 2. The van der Waals surface area contributed by atoms with Crippen molar-refractivity contribution in [2.24, 2.45) is 5.73 Å². The second-order valence-electron chi connectivity index (χ2n) is 4.49. The van der Waals surface area contributed by atoms with E-state index in [1.165, 1.54) is 0 Å². The highest BCUT2D eigenvalue weighted by Gasteiger charge is 2.19. The molecule has 0 spiro atoms. The zero-order valence-corrected chi connectivity index (χ0v) is 10.7. The third-order valence-corrected chi connectivity index (χ3v) is 3.21. The quantitative estimate of drug-likeness (QED) is 0.609. The van der Waals surface area contributed by atoms with Crippen molar-refractivity contribution in [3.63, 3.8) is 0 Å². The predicted octanol–water partition coefficient (Wildman–Crippen LogP) is 1.37. The Bertz CT molecular complexity index is 415. The van der Waals surface area contributed by atoms with E-state index in [0.717, 1.165) is 38.2 Å². The minimum absolute atomic E-state index is 0.00465. The largest absolute Gasteiger partial charge is 0.382 e. The van der Waals surface area contributed by atoms with Gasteiger partial charge in [-0.25, -0.2) is 0 Å². The average Bonchev–Trinajstić information content (AvgIpc) is 2.89. The van der Waals surface area contributed by atoms with Crippen LogP contribution in [0.1, 0.15) is 25.5 Å². The summed E-state index contributed by atoms with van der Waals surface area (Å²) < 4.78 is 5.66. The number of pyridine rings is 1. The molecule has 1 aromatic rings. The van der Waals surface area contributed by atoms with Crippen LogP contribution < -0.4 is 10.6 Å². The van der Waals surface area contributed by atoms with Crippen molar-refractivity contribution < 1.29 is 4.74 Å². The summed E-state index contributed by atoms with van der Waals surface area (Å²) in [7, 11) is 0. The number of nitrogens with one attached hydrogen (secondary N) is 1. The standard InChI is InChI=1S/C13H20N4O/c1-2-17(9-11-4-3-7-18-11)10-5-6-16-12(8-10)13(14)15/h5-6,8,11H,2-4,7,9H2,1H3,(H3,14,15). The van der Waals surface area contributed by atoms with Gasteiger partial charge in [0, 0.05) is 31.6 Å². The first-order valence-corrected chi connectivity index (χ1v) is 6.37. The van der Waals surface area contributed by atoms with Crippen molar-refractivity contribution in [1.29, 1.82) is 5.41 Å². The first-order valence-electron chi connectivity index (χ1n) is 6.37. The molecule has 5 nitrogen and oxygen atoms in total. The fraction of sp³-hybridized carbons (Fsp3) is 0.538. The molecule has 1 aliphatic heterocycles. The van der Waals surface area contributed by atoms with Gasteiger partial charge >= 0.3 is 0 Å². The molecule has 5 heteroatoms. The van der Waals surface area contributed by atoms with Crippen LogP contribution in [0.25, 0.3) is 0 Å². The maximum absolute atomic E-state index is 7.43. The fourth-order valence-corrected chi connectivity index (χ4v) is 2.21. The molecule has 18 heavy (non-hydrogen) atoms. The lowest BCUT2D eigenvalue weighted by Gasteiger charge is -2.26. The van der Waals surface area contributed by atoms with E-state index in [1.807, 2.05) is 12.1 Å². The molecule has 1 fully saturated rings. The Morgan fingerprint density at radius 1 is 1.67 bits per heavy atom. The Kier molecular flexibility index (Phi) is 4.15. The molecule has 0 radical (unpaired) electrons. The van der Waals surface area contributed by atoms with E-state index in [1.54, 1.807) is 6.20 Å². The van der Waals surface area contributed by atoms with E-state index in [-0.39, 0.29) is 5.84 Å². The number of rotatable bonds is 5. The lowest BCUT2D eigenvalue weighted by atomic mass is 10.2. The molecule has 1 atom stereocenters. The van der Waals surface area contributed by atoms with Crippen molar-refractivity contribution in [2.45, 2.75) is 25.9 Å². The van der Waals surface area contributed by atoms with Crippen LogP contribution in [0.2, 0.25) is 0 Å². The second kappa shape index (κ2) is 5.82. The summed E-state index contributed by atoms with van der Waals surface area (Å²) in [5.41, 5.74) is 7.04. The summed E-state index contributed by atoms with van der Waals surface area (Å²) in [4.78, 5) is 6.32. The number of ether oxygens (including phenoxy) is 1. The van der Waals surface area contributed by atoms with Crippen molar-refractivity contribution in [1.82, 2.24) is 4.98 Å². The van der Waals surface area contributed by atoms with E-state index < -0.39 is 0 Å². The lowest BCUT2D eigenvalue weighted by molar-refractivity contribution is 0.115. The van der Waals surface area contributed by atoms with Crippen LogP contribution in [-0.4, -0.2) is 36.6 Å². The van der Waals surface area contributed by atoms with Gasteiger partial charge in [-0.15, -0.1) is 0 Å². The number of nitrogen functional groups attached to an aromatic ring is 1. The van der Waals surface area contributed by atoms with Gasteiger partial charge in [-0.1, -0.05) is 0 Å². The monoisotopic (exact) mass is 248 g/mol. The topological polar surface area (TPSA) is 75.2 Å². The zero-order chi connectivity index (χ0) is 13.0. The molecule has 0 bridgehead atoms. The van der Waals surface area contributed by atoms with Crippen LogP contribution in [0.15, 0.2) is 18.3 Å². The SMILES string of the molecule is CCN(CC1CCCO1)c1ccnc(C(=N)N)c1. The Balaban J connectivity index is 2.10. The number of amidine groups is 1. The van der Waals surface area contributed by atoms with Gasteiger partial charge in [-0.05, 0) is 31.9 Å². The summed E-state index contributed by atoms with van der Waals surface area (Å²) in [6.07, 6.45) is 4.29. The van der Waals surface area contributed by atoms with E-state index in [0.29, 0.717) is 11.8 Å². The fourth-order valence-electron chi connectivity index (χ4n) is 2.21. The first kappa shape index (κ1) is 12.8. The number of nitrogens with two attached hydrogens (primary N) is 1. The Hall–Kier alpha value is -1.62. The van der Waals surface area contributed by atoms with Gasteiger partial charge in [0.2, 0.25) is 0 Å². The molecular weight excluding hydrogens is 228 g/mol. The number of hydrogen-bond acceptors (Lipinski definition) is 4. The molecule has 98 valence electrons. The molecule has 1 saturated heterocycles. The Labute approximate surface area is 107 Å². The maximum atomic E-state index is 7.43. The highest BCUT2D eigenvalue weighted by atomic mass is 16.5. The molecule has 1 unspecified atom stereocenters. The summed E-state index contributed by atoms with van der Waals surface area (Å²) in [6.45, 7) is 4.78. The van der Waals surface area contributed by atoms with E-state index in [4.69, 9.17) is 15.9 Å². The molecular formula is C13H20N4O. The van der Waals surface area contributed by atoms with Crippen LogP contribution in [-0.2, 0) is 4.74 Å². The van der Waals surface area contributed by atoms with Crippen LogP contribution in [0, 0.1) is 5.41 Å². The molecule has 0 aromatic carbocycles. The first-order chi connectivity index (χ1) is 8.70. The number of nitrogens with zero attached hydrogens (tertiary/aromatic N) is 2. The molecule has 3 N–H and O–H groups in total. The minimum atomic E-state index is 0.00465. The smallest absolute Gasteiger partial charge is 0.141 e. The number of likely N-dealkylation sites (N-methyl/N-ethyl adjacent to an activating group) is 1. The highest BCUT2D eigenvalue weighted by molar-refractivity contribution is 5.93. The van der Waals surface area contributed by atoms with Gasteiger partial charge in [0.25, 0.3) is 0 Å². The second-order valence-corrected chi connectivity index (χ2v) is 4.49. The van der Waals surface area contributed by atoms with Gasteiger partial charge in [0.1, 0.15) is 11.5 Å². The average molecular weight is 248 g/mol. The van der Waals surface area contributed by atoms with Crippen LogP contribution in [0.4, 0.5) is 5.69 Å². The van der Waals surface area contributed by atoms with Crippen LogP contribution in [0.3, 0.4) is 0 Å². The third kappa shape index (κ3) is 2.98. The third-order valence-electron chi connectivity index (χ3n) is 3.21. The van der Waals surface area contributed by atoms with Gasteiger partial charge < -0.3 is 15.4 Å². The van der Waals surface area contributed by atoms with Crippen molar-refractivity contribution in [2.75, 3.05) is 24.6 Å². The summed E-state index contributed by atoms with van der Waals surface area (Å²) in [6, 6.07) is 3.81. The van der Waals surface area contributed by atoms with Gasteiger partial charge in [0.15, 0.2) is 0 Å². The van der Waals surface area contributed by atoms with E-state index >= 15 is 0 Å². The van der Waals surface area contributed by atoms with Gasteiger partial charge in [-0.2, -0.15) is 0 Å². The summed E-state index contributed by atoms with van der Waals surface area (Å²) in [5, 5.41) is 7.43.